The fourth-order valence-electron chi connectivity index (χ4n) is 3.38. The predicted octanol–water partition coefficient (Wildman–Crippen LogP) is 3.44. The average molecular weight is 419 g/mol. The molecule has 1 aliphatic rings. The molecule has 1 amide bonds. The number of anilines is 2. The van der Waals surface area contributed by atoms with Crippen LogP contribution in [0.1, 0.15) is 25.8 Å². The first-order valence-corrected chi connectivity index (χ1v) is 10.9. The van der Waals surface area contributed by atoms with Crippen LogP contribution in [0.5, 0.6) is 11.5 Å². The van der Waals surface area contributed by atoms with Crippen molar-refractivity contribution in [1.29, 1.82) is 0 Å². The Hall–Kier alpha value is -2.74. The SMILES string of the molecule is COc1ccc(S(=O)(=O)Nc2ccc3c(c2)N(C(=O)C(C)C)CCC3)cc1OC. The van der Waals surface area contributed by atoms with Gasteiger partial charge in [0.1, 0.15) is 0 Å². The highest BCUT2D eigenvalue weighted by Gasteiger charge is 2.25. The molecule has 0 aromatic heterocycles. The number of hydrogen-bond donors (Lipinski definition) is 1. The van der Waals surface area contributed by atoms with E-state index in [1.54, 1.807) is 23.1 Å². The second kappa shape index (κ2) is 8.32. The quantitative estimate of drug-likeness (QED) is 0.777. The molecular formula is C21H26N2O5S. The van der Waals surface area contributed by atoms with Crippen LogP contribution in [0.2, 0.25) is 0 Å². The van der Waals surface area contributed by atoms with Crippen LogP contribution in [-0.2, 0) is 21.2 Å². The molecule has 0 saturated carbocycles. The molecule has 0 unspecified atom stereocenters. The van der Waals surface area contributed by atoms with Gasteiger partial charge in [0.25, 0.3) is 10.0 Å². The van der Waals surface area contributed by atoms with Gasteiger partial charge in [0, 0.05) is 24.2 Å². The molecule has 0 atom stereocenters. The number of hydrogen-bond acceptors (Lipinski definition) is 5. The van der Waals surface area contributed by atoms with E-state index in [1.807, 2.05) is 19.9 Å². The van der Waals surface area contributed by atoms with Crippen LogP contribution in [0.25, 0.3) is 0 Å². The van der Waals surface area contributed by atoms with Gasteiger partial charge in [-0.3, -0.25) is 9.52 Å². The van der Waals surface area contributed by atoms with Crippen LogP contribution in [0.15, 0.2) is 41.3 Å². The van der Waals surface area contributed by atoms with Crippen LogP contribution in [0.4, 0.5) is 11.4 Å². The van der Waals surface area contributed by atoms with E-state index in [4.69, 9.17) is 9.47 Å². The molecular weight excluding hydrogens is 392 g/mol. The standard InChI is InChI=1S/C21H26N2O5S/c1-14(2)21(24)23-11-5-6-15-7-8-16(12-18(15)23)22-29(25,26)17-9-10-19(27-3)20(13-17)28-4/h7-10,12-14,22H,5-6,11H2,1-4H3. The average Bonchev–Trinajstić information content (AvgIpc) is 2.71. The Bertz CT molecular complexity index is 1020. The van der Waals surface area contributed by atoms with Crippen LogP contribution in [0, 0.1) is 5.92 Å². The third-order valence-corrected chi connectivity index (χ3v) is 6.26. The first kappa shape index (κ1) is 21.0. The van der Waals surface area contributed by atoms with Crippen molar-refractivity contribution < 1.29 is 22.7 Å². The van der Waals surface area contributed by atoms with E-state index < -0.39 is 10.0 Å². The first-order valence-electron chi connectivity index (χ1n) is 9.46. The van der Waals surface area contributed by atoms with Crippen LogP contribution < -0.4 is 19.1 Å². The zero-order valence-electron chi connectivity index (χ0n) is 17.1. The maximum Gasteiger partial charge on any atom is 0.262 e. The van der Waals surface area contributed by atoms with Gasteiger partial charge in [-0.15, -0.1) is 0 Å². The van der Waals surface area contributed by atoms with Gasteiger partial charge in [-0.2, -0.15) is 0 Å². The summed E-state index contributed by atoms with van der Waals surface area (Å²) in [6, 6.07) is 9.74. The van der Waals surface area contributed by atoms with Crippen molar-refractivity contribution >= 4 is 27.3 Å². The predicted molar refractivity (Wildman–Crippen MR) is 112 cm³/mol. The minimum absolute atomic E-state index is 0.0332. The summed E-state index contributed by atoms with van der Waals surface area (Å²) in [6.45, 7) is 4.36. The van der Waals surface area contributed by atoms with E-state index in [-0.39, 0.29) is 16.7 Å². The molecule has 0 bridgehead atoms. The number of nitrogens with one attached hydrogen (secondary N) is 1. The Morgan fingerprint density at radius 1 is 1.07 bits per heavy atom. The number of benzene rings is 2. The topological polar surface area (TPSA) is 84.9 Å². The van der Waals surface area contributed by atoms with Gasteiger partial charge in [-0.25, -0.2) is 8.42 Å². The van der Waals surface area contributed by atoms with Gasteiger partial charge < -0.3 is 14.4 Å². The van der Waals surface area contributed by atoms with Crippen molar-refractivity contribution in [3.8, 4) is 11.5 Å². The second-order valence-corrected chi connectivity index (χ2v) is 8.90. The molecule has 156 valence electrons. The van der Waals surface area contributed by atoms with Gasteiger partial charge in [-0.1, -0.05) is 19.9 Å². The summed E-state index contributed by atoms with van der Waals surface area (Å²) in [5.41, 5.74) is 2.21. The molecule has 8 heteroatoms. The molecule has 2 aromatic carbocycles. The number of sulfonamides is 1. The summed E-state index contributed by atoms with van der Waals surface area (Å²) in [5, 5.41) is 0. The zero-order chi connectivity index (χ0) is 21.2. The van der Waals surface area contributed by atoms with Crippen molar-refractivity contribution in [2.75, 3.05) is 30.4 Å². The van der Waals surface area contributed by atoms with Crippen LogP contribution >= 0.6 is 0 Å². The largest absolute Gasteiger partial charge is 0.493 e. The van der Waals surface area contributed by atoms with Crippen molar-refractivity contribution in [2.24, 2.45) is 5.92 Å². The number of ether oxygens (including phenoxy) is 2. The fraction of sp³-hybridized carbons (Fsp3) is 0.381. The Balaban J connectivity index is 1.92. The van der Waals surface area contributed by atoms with Crippen LogP contribution in [-0.4, -0.2) is 35.1 Å². The summed E-state index contributed by atoms with van der Waals surface area (Å²) in [6.07, 6.45) is 1.75. The summed E-state index contributed by atoms with van der Waals surface area (Å²) >= 11 is 0. The lowest BCUT2D eigenvalue weighted by molar-refractivity contribution is -0.121. The molecule has 1 N–H and O–H groups in total. The molecule has 7 nitrogen and oxygen atoms in total. The third kappa shape index (κ3) is 4.32. The molecule has 0 aliphatic carbocycles. The minimum atomic E-state index is -3.84. The van der Waals surface area contributed by atoms with Gasteiger partial charge in [0.05, 0.1) is 24.8 Å². The smallest absolute Gasteiger partial charge is 0.262 e. The molecule has 2 aromatic rings. The van der Waals surface area contributed by atoms with Crippen molar-refractivity contribution in [3.63, 3.8) is 0 Å². The van der Waals surface area contributed by atoms with E-state index >= 15 is 0 Å². The van der Waals surface area contributed by atoms with Gasteiger partial charge in [-0.05, 0) is 42.7 Å². The summed E-state index contributed by atoms with van der Waals surface area (Å²) in [5.74, 6) is 0.677. The van der Waals surface area contributed by atoms with E-state index in [9.17, 15) is 13.2 Å². The zero-order valence-corrected chi connectivity index (χ0v) is 17.9. The Morgan fingerprint density at radius 3 is 2.45 bits per heavy atom. The number of fused-ring (bicyclic) bond motifs is 1. The Labute approximate surface area is 171 Å². The van der Waals surface area contributed by atoms with E-state index in [1.165, 1.54) is 26.4 Å². The van der Waals surface area contributed by atoms with Gasteiger partial charge >= 0.3 is 0 Å². The lowest BCUT2D eigenvalue weighted by atomic mass is 9.99. The number of rotatable bonds is 6. The highest BCUT2D eigenvalue weighted by Crippen LogP contribution is 2.33. The van der Waals surface area contributed by atoms with Crippen LogP contribution in [0.3, 0.4) is 0 Å². The number of aryl methyl sites for hydroxylation is 1. The van der Waals surface area contributed by atoms with Gasteiger partial charge in [0.15, 0.2) is 11.5 Å². The van der Waals surface area contributed by atoms with Gasteiger partial charge in [0.2, 0.25) is 5.91 Å². The molecule has 0 spiro atoms. The number of nitrogens with zero attached hydrogens (tertiary/aromatic N) is 1. The Morgan fingerprint density at radius 2 is 1.79 bits per heavy atom. The summed E-state index contributed by atoms with van der Waals surface area (Å²) in [7, 11) is -0.903. The minimum Gasteiger partial charge on any atom is -0.493 e. The lowest BCUT2D eigenvalue weighted by Gasteiger charge is -2.31. The maximum absolute atomic E-state index is 12.9. The molecule has 1 heterocycles. The number of carbonyl (C=O) groups is 1. The molecule has 29 heavy (non-hydrogen) atoms. The molecule has 1 aliphatic heterocycles. The highest BCUT2D eigenvalue weighted by atomic mass is 32.2. The normalized spacial score (nSPS) is 13.8. The lowest BCUT2D eigenvalue weighted by Crippen LogP contribution is -2.38. The highest BCUT2D eigenvalue weighted by molar-refractivity contribution is 7.92. The fourth-order valence-corrected chi connectivity index (χ4v) is 4.44. The monoisotopic (exact) mass is 418 g/mol. The third-order valence-electron chi connectivity index (χ3n) is 4.88. The van der Waals surface area contributed by atoms with E-state index in [0.717, 1.165) is 24.1 Å². The number of carbonyl (C=O) groups excluding carboxylic acids is 1. The molecule has 0 fully saturated rings. The molecule has 0 radical (unpaired) electrons. The maximum atomic E-state index is 12.9. The number of amides is 1. The summed E-state index contributed by atoms with van der Waals surface area (Å²) < 4.78 is 38.7. The Kier molecular flexibility index (Phi) is 6.02. The first-order chi connectivity index (χ1) is 13.8. The van der Waals surface area contributed by atoms with Crippen molar-refractivity contribution in [3.05, 3.63) is 42.0 Å². The molecule has 0 saturated heterocycles. The summed E-state index contributed by atoms with van der Waals surface area (Å²) in [4.78, 5) is 14.4. The number of methoxy groups -OCH3 is 2. The van der Waals surface area contributed by atoms with E-state index in [0.29, 0.717) is 23.7 Å². The van der Waals surface area contributed by atoms with Crippen molar-refractivity contribution in [2.45, 2.75) is 31.6 Å². The molecule has 3 rings (SSSR count). The second-order valence-electron chi connectivity index (χ2n) is 7.21. The van der Waals surface area contributed by atoms with E-state index in [2.05, 4.69) is 4.72 Å². The van der Waals surface area contributed by atoms with Crippen molar-refractivity contribution in [1.82, 2.24) is 0 Å².